The second kappa shape index (κ2) is 7.50. The molecule has 1 aromatic heterocycles. The fraction of sp³-hybridized carbons (Fsp3) is 0.500. The molecule has 8 heteroatoms. The number of nitrogens with one attached hydrogen (secondary N) is 2. The zero-order chi connectivity index (χ0) is 18.1. The van der Waals surface area contributed by atoms with Gasteiger partial charge in [0.15, 0.2) is 10.6 Å². The van der Waals surface area contributed by atoms with E-state index in [2.05, 4.69) is 15.5 Å². The molecule has 0 unspecified atom stereocenters. The number of aromatic amines is 1. The predicted molar refractivity (Wildman–Crippen MR) is 101 cm³/mol. The Labute approximate surface area is 161 Å². The minimum Gasteiger partial charge on any atom is -0.378 e. The lowest BCUT2D eigenvalue weighted by atomic mass is 9.82. The number of rotatable bonds is 4. The van der Waals surface area contributed by atoms with Crippen LogP contribution in [0.4, 0.5) is 0 Å². The van der Waals surface area contributed by atoms with Crippen LogP contribution in [-0.4, -0.2) is 39.4 Å². The third kappa shape index (κ3) is 3.56. The fourth-order valence-corrected chi connectivity index (χ4v) is 4.36. The molecule has 2 N–H and O–H groups in total. The number of H-pyrrole nitrogens is 1. The molecule has 26 heavy (non-hydrogen) atoms. The van der Waals surface area contributed by atoms with Gasteiger partial charge in [-0.05, 0) is 62.2 Å². The molecule has 1 saturated heterocycles. The standard InChI is InChI=1S/C18H21ClN4O2S/c19-12-6-4-11(5-7-12)17-21-22-18(26)23(17)10-16(24)20-14-2-1-3-15-13(14)8-9-25-15/h4-7,13-15H,1-3,8-10H2,(H,20,24)(H,22,26)/t13-,14-,15-/m1/s1. The molecule has 1 aromatic carbocycles. The summed E-state index contributed by atoms with van der Waals surface area (Å²) in [5, 5.41) is 10.9. The van der Waals surface area contributed by atoms with Crippen LogP contribution in [0.2, 0.25) is 5.02 Å². The summed E-state index contributed by atoms with van der Waals surface area (Å²) in [6.45, 7) is 0.942. The van der Waals surface area contributed by atoms with E-state index in [-0.39, 0.29) is 18.5 Å². The van der Waals surface area contributed by atoms with Gasteiger partial charge in [0, 0.05) is 29.2 Å². The molecule has 0 spiro atoms. The highest BCUT2D eigenvalue weighted by Gasteiger charge is 2.38. The third-order valence-corrected chi connectivity index (χ3v) is 5.85. The van der Waals surface area contributed by atoms with Crippen molar-refractivity contribution in [2.24, 2.45) is 5.92 Å². The van der Waals surface area contributed by atoms with Crippen molar-refractivity contribution in [3.63, 3.8) is 0 Å². The zero-order valence-corrected chi connectivity index (χ0v) is 15.9. The molecular weight excluding hydrogens is 372 g/mol. The Bertz CT molecular complexity index is 848. The number of ether oxygens (including phenoxy) is 1. The molecule has 1 saturated carbocycles. The number of halogens is 1. The number of nitrogens with zero attached hydrogens (tertiary/aromatic N) is 2. The Kier molecular flexibility index (Phi) is 5.11. The molecular formula is C18H21ClN4O2S. The summed E-state index contributed by atoms with van der Waals surface area (Å²) < 4.78 is 7.93. The number of fused-ring (bicyclic) bond motifs is 1. The van der Waals surface area contributed by atoms with Gasteiger partial charge in [-0.1, -0.05) is 11.6 Å². The van der Waals surface area contributed by atoms with Crippen molar-refractivity contribution < 1.29 is 9.53 Å². The average molecular weight is 393 g/mol. The van der Waals surface area contributed by atoms with Gasteiger partial charge in [-0.25, -0.2) is 0 Å². The van der Waals surface area contributed by atoms with Crippen LogP contribution in [0.1, 0.15) is 25.7 Å². The summed E-state index contributed by atoms with van der Waals surface area (Å²) in [6.07, 6.45) is 4.53. The topological polar surface area (TPSA) is 71.9 Å². The monoisotopic (exact) mass is 392 g/mol. The van der Waals surface area contributed by atoms with Crippen molar-refractivity contribution >= 4 is 29.7 Å². The van der Waals surface area contributed by atoms with Crippen molar-refractivity contribution in [3.05, 3.63) is 34.1 Å². The summed E-state index contributed by atoms with van der Waals surface area (Å²) in [4.78, 5) is 12.7. The van der Waals surface area contributed by atoms with Gasteiger partial charge in [-0.3, -0.25) is 14.5 Å². The molecule has 2 fully saturated rings. The number of amides is 1. The van der Waals surface area contributed by atoms with Gasteiger partial charge in [-0.15, -0.1) is 0 Å². The molecule has 0 bridgehead atoms. The van der Waals surface area contributed by atoms with Crippen LogP contribution >= 0.6 is 23.8 Å². The van der Waals surface area contributed by atoms with Crippen LogP contribution in [-0.2, 0) is 16.1 Å². The van der Waals surface area contributed by atoms with Gasteiger partial charge in [0.2, 0.25) is 5.91 Å². The summed E-state index contributed by atoms with van der Waals surface area (Å²) in [7, 11) is 0. The SMILES string of the molecule is O=C(Cn1c(-c2ccc(Cl)cc2)n[nH]c1=S)N[C@@H]1CCC[C@H]2OCC[C@H]12. The predicted octanol–water partition coefficient (Wildman–Crippen LogP) is 3.33. The van der Waals surface area contributed by atoms with E-state index in [0.29, 0.717) is 27.6 Å². The molecule has 4 rings (SSSR count). The summed E-state index contributed by atoms with van der Waals surface area (Å²) in [6, 6.07) is 7.50. The van der Waals surface area contributed by atoms with Crippen LogP contribution in [0.3, 0.4) is 0 Å². The number of aromatic nitrogens is 3. The van der Waals surface area contributed by atoms with Crippen LogP contribution in [0.25, 0.3) is 11.4 Å². The lowest BCUT2D eigenvalue weighted by Gasteiger charge is -2.33. The van der Waals surface area contributed by atoms with E-state index in [1.54, 1.807) is 16.7 Å². The number of hydrogen-bond acceptors (Lipinski definition) is 4. The lowest BCUT2D eigenvalue weighted by molar-refractivity contribution is -0.123. The van der Waals surface area contributed by atoms with Crippen LogP contribution in [0.15, 0.2) is 24.3 Å². The van der Waals surface area contributed by atoms with E-state index < -0.39 is 0 Å². The Morgan fingerprint density at radius 1 is 1.35 bits per heavy atom. The zero-order valence-electron chi connectivity index (χ0n) is 14.3. The van der Waals surface area contributed by atoms with Gasteiger partial charge in [0.1, 0.15) is 6.54 Å². The third-order valence-electron chi connectivity index (χ3n) is 5.29. The molecule has 1 aliphatic carbocycles. The summed E-state index contributed by atoms with van der Waals surface area (Å²) in [5.41, 5.74) is 0.858. The van der Waals surface area contributed by atoms with E-state index in [0.717, 1.165) is 37.9 Å². The highest BCUT2D eigenvalue weighted by molar-refractivity contribution is 7.71. The van der Waals surface area contributed by atoms with Crippen molar-refractivity contribution in [1.29, 1.82) is 0 Å². The molecule has 2 heterocycles. The Balaban J connectivity index is 1.49. The molecule has 1 amide bonds. The number of hydrogen-bond donors (Lipinski definition) is 2. The first-order valence-electron chi connectivity index (χ1n) is 8.94. The summed E-state index contributed by atoms with van der Waals surface area (Å²) >= 11 is 11.3. The van der Waals surface area contributed by atoms with E-state index in [4.69, 9.17) is 28.6 Å². The first-order valence-corrected chi connectivity index (χ1v) is 9.72. The first kappa shape index (κ1) is 17.7. The van der Waals surface area contributed by atoms with Crippen molar-refractivity contribution in [2.75, 3.05) is 6.61 Å². The average Bonchev–Trinajstić information content (AvgIpc) is 3.24. The van der Waals surface area contributed by atoms with E-state index >= 15 is 0 Å². The number of benzene rings is 1. The second-order valence-electron chi connectivity index (χ2n) is 6.91. The Morgan fingerprint density at radius 3 is 2.96 bits per heavy atom. The van der Waals surface area contributed by atoms with Gasteiger partial charge in [0.25, 0.3) is 0 Å². The molecule has 2 aliphatic rings. The molecule has 1 aliphatic heterocycles. The first-order chi connectivity index (χ1) is 12.6. The van der Waals surface area contributed by atoms with E-state index in [1.807, 2.05) is 12.1 Å². The summed E-state index contributed by atoms with van der Waals surface area (Å²) in [5.74, 6) is 1.02. The van der Waals surface area contributed by atoms with Crippen molar-refractivity contribution in [3.8, 4) is 11.4 Å². The van der Waals surface area contributed by atoms with Crippen molar-refractivity contribution in [2.45, 2.75) is 44.4 Å². The Morgan fingerprint density at radius 2 is 2.15 bits per heavy atom. The smallest absolute Gasteiger partial charge is 0.240 e. The second-order valence-corrected chi connectivity index (χ2v) is 7.74. The lowest BCUT2D eigenvalue weighted by Crippen LogP contribution is -2.46. The maximum atomic E-state index is 12.7. The maximum Gasteiger partial charge on any atom is 0.240 e. The van der Waals surface area contributed by atoms with E-state index in [1.165, 1.54) is 0 Å². The molecule has 6 nitrogen and oxygen atoms in total. The number of carbonyl (C=O) groups excluding carboxylic acids is 1. The minimum atomic E-state index is -0.0461. The van der Waals surface area contributed by atoms with Crippen LogP contribution in [0.5, 0.6) is 0 Å². The van der Waals surface area contributed by atoms with Crippen molar-refractivity contribution in [1.82, 2.24) is 20.1 Å². The van der Waals surface area contributed by atoms with Crippen LogP contribution in [0, 0.1) is 10.7 Å². The Hall–Kier alpha value is -1.70. The highest BCUT2D eigenvalue weighted by atomic mass is 35.5. The number of carbonyl (C=O) groups is 1. The quantitative estimate of drug-likeness (QED) is 0.783. The molecule has 3 atom stereocenters. The van der Waals surface area contributed by atoms with Gasteiger partial charge in [0.05, 0.1) is 6.10 Å². The van der Waals surface area contributed by atoms with Gasteiger partial charge < -0.3 is 10.1 Å². The van der Waals surface area contributed by atoms with E-state index in [9.17, 15) is 4.79 Å². The normalized spacial score (nSPS) is 25.0. The van der Waals surface area contributed by atoms with Gasteiger partial charge in [-0.2, -0.15) is 5.10 Å². The molecule has 0 radical (unpaired) electrons. The fourth-order valence-electron chi connectivity index (χ4n) is 4.03. The highest BCUT2D eigenvalue weighted by Crippen LogP contribution is 2.34. The largest absolute Gasteiger partial charge is 0.378 e. The minimum absolute atomic E-state index is 0.0461. The molecule has 2 aromatic rings. The maximum absolute atomic E-state index is 12.7. The molecule has 138 valence electrons. The van der Waals surface area contributed by atoms with Gasteiger partial charge >= 0.3 is 0 Å². The van der Waals surface area contributed by atoms with Crippen LogP contribution < -0.4 is 5.32 Å².